The van der Waals surface area contributed by atoms with Crippen LogP contribution in [-0.4, -0.2) is 10.2 Å². The number of halogens is 2. The van der Waals surface area contributed by atoms with Crippen LogP contribution in [0.5, 0.6) is 11.5 Å². The van der Waals surface area contributed by atoms with Crippen molar-refractivity contribution >= 4 is 23.2 Å². The summed E-state index contributed by atoms with van der Waals surface area (Å²) in [5.74, 6) is 0.277. The lowest BCUT2D eigenvalue weighted by molar-refractivity contribution is 0.464. The molecule has 0 amide bonds. The second-order valence-electron chi connectivity index (χ2n) is 4.35. The van der Waals surface area contributed by atoms with E-state index in [1.165, 1.54) is 0 Å². The molecule has 2 rings (SSSR count). The van der Waals surface area contributed by atoms with Gasteiger partial charge in [0.1, 0.15) is 11.5 Å². The summed E-state index contributed by atoms with van der Waals surface area (Å²) in [6, 6.07) is 10.6. The molecular formula is C15H14Cl2O2. The van der Waals surface area contributed by atoms with Gasteiger partial charge < -0.3 is 10.2 Å². The van der Waals surface area contributed by atoms with E-state index >= 15 is 0 Å². The highest BCUT2D eigenvalue weighted by Gasteiger charge is 2.07. The minimum absolute atomic E-state index is 0.138. The average molecular weight is 297 g/mol. The lowest BCUT2D eigenvalue weighted by Crippen LogP contribution is -1.92. The lowest BCUT2D eigenvalue weighted by Gasteiger charge is -2.08. The molecule has 4 heteroatoms. The Labute approximate surface area is 122 Å². The smallest absolute Gasteiger partial charge is 0.137 e. The van der Waals surface area contributed by atoms with E-state index in [0.717, 1.165) is 17.5 Å². The van der Waals surface area contributed by atoms with Crippen molar-refractivity contribution in [3.63, 3.8) is 0 Å². The normalized spacial score (nSPS) is 10.6. The van der Waals surface area contributed by atoms with Crippen LogP contribution in [0.15, 0.2) is 36.4 Å². The number of phenols is 2. The van der Waals surface area contributed by atoms with Crippen molar-refractivity contribution in [3.05, 3.63) is 57.6 Å². The maximum atomic E-state index is 9.79. The number of benzene rings is 2. The molecule has 0 aromatic heterocycles. The molecule has 0 aliphatic carbocycles. The Morgan fingerprint density at radius 1 is 0.737 bits per heavy atom. The Bertz CT molecular complexity index is 531. The van der Waals surface area contributed by atoms with Gasteiger partial charge in [0.2, 0.25) is 0 Å². The Hall–Kier alpha value is -1.38. The van der Waals surface area contributed by atoms with Crippen LogP contribution in [0.3, 0.4) is 0 Å². The van der Waals surface area contributed by atoms with Crippen molar-refractivity contribution in [2.75, 3.05) is 0 Å². The molecule has 0 aliphatic heterocycles. The maximum absolute atomic E-state index is 9.79. The van der Waals surface area contributed by atoms with E-state index in [4.69, 9.17) is 23.2 Å². The maximum Gasteiger partial charge on any atom is 0.137 e. The monoisotopic (exact) mass is 296 g/mol. The SMILES string of the molecule is Oc1c(Cl)cccc1CCCc1cccc(Cl)c1O. The van der Waals surface area contributed by atoms with Gasteiger partial charge in [0.15, 0.2) is 0 Å². The van der Waals surface area contributed by atoms with Gasteiger partial charge in [-0.3, -0.25) is 0 Å². The lowest BCUT2D eigenvalue weighted by atomic mass is 10.0. The van der Waals surface area contributed by atoms with Crippen molar-refractivity contribution in [1.29, 1.82) is 0 Å². The van der Waals surface area contributed by atoms with Crippen LogP contribution in [-0.2, 0) is 12.8 Å². The fourth-order valence-corrected chi connectivity index (χ4v) is 2.38. The van der Waals surface area contributed by atoms with Crippen molar-refractivity contribution in [3.8, 4) is 11.5 Å². The van der Waals surface area contributed by atoms with Gasteiger partial charge in [-0.1, -0.05) is 47.5 Å². The third kappa shape index (κ3) is 3.34. The minimum Gasteiger partial charge on any atom is -0.506 e. The number of aryl methyl sites for hydroxylation is 2. The molecule has 0 unspecified atom stereocenters. The van der Waals surface area contributed by atoms with Crippen molar-refractivity contribution in [2.24, 2.45) is 0 Å². The molecule has 0 spiro atoms. The predicted octanol–water partition coefficient (Wildman–Crippen LogP) is 4.58. The van der Waals surface area contributed by atoms with E-state index in [-0.39, 0.29) is 11.5 Å². The second kappa shape index (κ2) is 6.18. The summed E-state index contributed by atoms with van der Waals surface area (Å²) in [6.45, 7) is 0. The first-order valence-electron chi connectivity index (χ1n) is 6.02. The highest BCUT2D eigenvalue weighted by Crippen LogP contribution is 2.30. The summed E-state index contributed by atoms with van der Waals surface area (Å²) in [7, 11) is 0. The van der Waals surface area contributed by atoms with E-state index in [2.05, 4.69) is 0 Å². The molecule has 2 aromatic carbocycles. The third-order valence-corrected chi connectivity index (χ3v) is 3.64. The summed E-state index contributed by atoms with van der Waals surface area (Å²) < 4.78 is 0. The quantitative estimate of drug-likeness (QED) is 0.867. The van der Waals surface area contributed by atoms with Crippen LogP contribution >= 0.6 is 23.2 Å². The topological polar surface area (TPSA) is 40.5 Å². The van der Waals surface area contributed by atoms with Crippen molar-refractivity contribution in [2.45, 2.75) is 19.3 Å². The largest absolute Gasteiger partial charge is 0.506 e. The van der Waals surface area contributed by atoms with Gasteiger partial charge >= 0.3 is 0 Å². The van der Waals surface area contributed by atoms with Crippen LogP contribution < -0.4 is 0 Å². The van der Waals surface area contributed by atoms with Gasteiger partial charge in [0.05, 0.1) is 10.0 Å². The zero-order chi connectivity index (χ0) is 13.8. The summed E-state index contributed by atoms with van der Waals surface area (Å²) in [5, 5.41) is 20.3. The zero-order valence-electron chi connectivity index (χ0n) is 10.2. The molecule has 2 aromatic rings. The molecule has 0 bridgehead atoms. The molecule has 0 saturated carbocycles. The molecule has 0 fully saturated rings. The number of hydrogen-bond donors (Lipinski definition) is 2. The molecule has 0 heterocycles. The second-order valence-corrected chi connectivity index (χ2v) is 5.16. The molecule has 0 saturated heterocycles. The van der Waals surface area contributed by atoms with Gasteiger partial charge in [-0.2, -0.15) is 0 Å². The summed E-state index contributed by atoms with van der Waals surface area (Å²) in [6.07, 6.45) is 2.18. The Kier molecular flexibility index (Phi) is 4.56. The van der Waals surface area contributed by atoms with E-state index in [1.54, 1.807) is 12.1 Å². The van der Waals surface area contributed by atoms with E-state index in [0.29, 0.717) is 22.9 Å². The first-order valence-corrected chi connectivity index (χ1v) is 6.78. The average Bonchev–Trinajstić information content (AvgIpc) is 2.39. The molecule has 0 aliphatic rings. The molecule has 2 nitrogen and oxygen atoms in total. The molecule has 2 N–H and O–H groups in total. The molecule has 0 radical (unpaired) electrons. The van der Waals surface area contributed by atoms with Gasteiger partial charge in [-0.15, -0.1) is 0 Å². The summed E-state index contributed by atoms with van der Waals surface area (Å²) >= 11 is 11.7. The molecule has 0 atom stereocenters. The van der Waals surface area contributed by atoms with Gasteiger partial charge in [-0.05, 0) is 42.5 Å². The van der Waals surface area contributed by atoms with Crippen LogP contribution in [0, 0.1) is 0 Å². The van der Waals surface area contributed by atoms with Gasteiger partial charge in [0.25, 0.3) is 0 Å². The Morgan fingerprint density at radius 3 is 1.58 bits per heavy atom. The van der Waals surface area contributed by atoms with Crippen LogP contribution in [0.25, 0.3) is 0 Å². The summed E-state index contributed by atoms with van der Waals surface area (Å²) in [5.41, 5.74) is 1.63. The van der Waals surface area contributed by atoms with Crippen LogP contribution in [0.4, 0.5) is 0 Å². The third-order valence-electron chi connectivity index (χ3n) is 3.03. The highest BCUT2D eigenvalue weighted by atomic mass is 35.5. The highest BCUT2D eigenvalue weighted by molar-refractivity contribution is 6.32. The first kappa shape index (κ1) is 14.0. The number of rotatable bonds is 4. The van der Waals surface area contributed by atoms with Crippen molar-refractivity contribution in [1.82, 2.24) is 0 Å². The molecule has 100 valence electrons. The van der Waals surface area contributed by atoms with E-state index in [1.807, 2.05) is 24.3 Å². The first-order chi connectivity index (χ1) is 9.09. The minimum atomic E-state index is 0.138. The number of aromatic hydroxyl groups is 2. The van der Waals surface area contributed by atoms with Crippen LogP contribution in [0.1, 0.15) is 17.5 Å². The van der Waals surface area contributed by atoms with Gasteiger partial charge in [-0.25, -0.2) is 0 Å². The predicted molar refractivity (Wildman–Crippen MR) is 78.3 cm³/mol. The Morgan fingerprint density at radius 2 is 1.16 bits per heavy atom. The molecule has 19 heavy (non-hydrogen) atoms. The van der Waals surface area contributed by atoms with Gasteiger partial charge in [0, 0.05) is 0 Å². The standard InChI is InChI=1S/C15H14Cl2O2/c16-12-8-2-6-10(14(12)18)4-1-5-11-7-3-9-13(17)15(11)19/h2-3,6-9,18-19H,1,4-5H2. The van der Waals surface area contributed by atoms with Crippen molar-refractivity contribution < 1.29 is 10.2 Å². The number of phenolic OH excluding ortho intramolecular Hbond substituents is 2. The number of hydrogen-bond acceptors (Lipinski definition) is 2. The number of para-hydroxylation sites is 2. The Balaban J connectivity index is 2.00. The van der Waals surface area contributed by atoms with E-state index in [9.17, 15) is 10.2 Å². The summed E-state index contributed by atoms with van der Waals surface area (Å²) in [4.78, 5) is 0. The zero-order valence-corrected chi connectivity index (χ0v) is 11.7. The fraction of sp³-hybridized carbons (Fsp3) is 0.200. The fourth-order valence-electron chi connectivity index (χ4n) is 1.99. The van der Waals surface area contributed by atoms with E-state index < -0.39 is 0 Å². The molecular weight excluding hydrogens is 283 g/mol. The van der Waals surface area contributed by atoms with Crippen LogP contribution in [0.2, 0.25) is 10.0 Å².